The number of furan rings is 1. The van der Waals surface area contributed by atoms with Crippen molar-refractivity contribution >= 4 is 11.8 Å². The molecule has 1 aromatic rings. The number of nitrogens with two attached hydrogens (primary N) is 1. The minimum Gasteiger partial charge on any atom is -0.467 e. The first kappa shape index (κ1) is 11.6. The lowest BCUT2D eigenvalue weighted by Crippen LogP contribution is -2.47. The van der Waals surface area contributed by atoms with Gasteiger partial charge in [0.2, 0.25) is 5.91 Å². The maximum atomic E-state index is 11.4. The van der Waals surface area contributed by atoms with E-state index in [0.29, 0.717) is 31.0 Å². The number of rotatable bonds is 3. The van der Waals surface area contributed by atoms with Crippen LogP contribution in [-0.4, -0.2) is 36.3 Å². The van der Waals surface area contributed by atoms with Crippen molar-refractivity contribution in [2.45, 2.75) is 6.54 Å². The normalized spacial score (nSPS) is 16.6. The fourth-order valence-electron chi connectivity index (χ4n) is 1.77. The molecule has 4 N–H and O–H groups in total. The lowest BCUT2D eigenvalue weighted by atomic mass is 10.2. The van der Waals surface area contributed by atoms with Gasteiger partial charge in [0.25, 0.3) is 5.91 Å². The molecule has 0 atom stereocenters. The highest BCUT2D eigenvalue weighted by molar-refractivity contribution is 5.94. The average Bonchev–Trinajstić information content (AvgIpc) is 2.76. The van der Waals surface area contributed by atoms with Crippen molar-refractivity contribution in [3.8, 4) is 0 Å². The Labute approximate surface area is 97.9 Å². The summed E-state index contributed by atoms with van der Waals surface area (Å²) in [5.41, 5.74) is 2.46. The molecule has 17 heavy (non-hydrogen) atoms. The van der Waals surface area contributed by atoms with Gasteiger partial charge in [-0.05, 0) is 6.07 Å². The Morgan fingerprint density at radius 3 is 3.18 bits per heavy atom. The summed E-state index contributed by atoms with van der Waals surface area (Å²) < 4.78 is 5.24. The first-order valence-corrected chi connectivity index (χ1v) is 5.27. The molecule has 0 spiro atoms. The van der Waals surface area contributed by atoms with Crippen LogP contribution in [-0.2, 0) is 11.3 Å². The summed E-state index contributed by atoms with van der Waals surface area (Å²) in [7, 11) is 0. The van der Waals surface area contributed by atoms with Gasteiger partial charge in [-0.25, -0.2) is 5.84 Å². The number of piperazine rings is 1. The summed E-state index contributed by atoms with van der Waals surface area (Å²) in [5, 5.41) is 2.73. The second-order valence-corrected chi connectivity index (χ2v) is 3.79. The Balaban J connectivity index is 2.05. The van der Waals surface area contributed by atoms with Crippen molar-refractivity contribution in [3.05, 3.63) is 23.7 Å². The van der Waals surface area contributed by atoms with Crippen molar-refractivity contribution in [1.82, 2.24) is 15.6 Å². The van der Waals surface area contributed by atoms with E-state index in [2.05, 4.69) is 10.7 Å². The molecule has 7 heteroatoms. The number of nitrogens with zero attached hydrogens (tertiary/aromatic N) is 1. The van der Waals surface area contributed by atoms with Gasteiger partial charge in [0.1, 0.15) is 5.76 Å². The minimum absolute atomic E-state index is 0.0207. The summed E-state index contributed by atoms with van der Waals surface area (Å²) in [6.07, 6.45) is 1.43. The summed E-state index contributed by atoms with van der Waals surface area (Å²) >= 11 is 0. The molecule has 0 aromatic carbocycles. The van der Waals surface area contributed by atoms with E-state index in [9.17, 15) is 9.59 Å². The zero-order valence-corrected chi connectivity index (χ0v) is 9.23. The fraction of sp³-hybridized carbons (Fsp3) is 0.400. The summed E-state index contributed by atoms with van der Waals surface area (Å²) in [4.78, 5) is 24.5. The van der Waals surface area contributed by atoms with Gasteiger partial charge in [0.15, 0.2) is 0 Å². The molecule has 0 bridgehead atoms. The van der Waals surface area contributed by atoms with E-state index in [1.54, 1.807) is 6.07 Å². The van der Waals surface area contributed by atoms with Gasteiger partial charge >= 0.3 is 0 Å². The van der Waals surface area contributed by atoms with E-state index in [1.165, 1.54) is 6.26 Å². The van der Waals surface area contributed by atoms with Crippen molar-refractivity contribution in [2.24, 2.45) is 5.84 Å². The van der Waals surface area contributed by atoms with Crippen LogP contribution < -0.4 is 16.6 Å². The molecule has 1 aliphatic rings. The van der Waals surface area contributed by atoms with Gasteiger partial charge in [0.05, 0.1) is 24.9 Å². The molecule has 7 nitrogen and oxygen atoms in total. The lowest BCUT2D eigenvalue weighted by molar-refractivity contribution is -0.124. The Bertz CT molecular complexity index is 429. The standard InChI is InChI=1S/C10H14N4O3/c11-13-10(16)7-1-4-17-8(7)5-14-3-2-12-9(15)6-14/h1,4H,2-3,5-6,11H2,(H,12,15)(H,13,16). The van der Waals surface area contributed by atoms with E-state index in [0.717, 1.165) is 6.54 Å². The molecule has 2 amide bonds. The zero-order chi connectivity index (χ0) is 12.3. The highest BCUT2D eigenvalue weighted by Gasteiger charge is 2.20. The third-order valence-corrected chi connectivity index (χ3v) is 2.61. The number of hydrazine groups is 1. The van der Waals surface area contributed by atoms with Crippen LogP contribution in [0.3, 0.4) is 0 Å². The van der Waals surface area contributed by atoms with Gasteiger partial charge < -0.3 is 9.73 Å². The van der Waals surface area contributed by atoms with Crippen LogP contribution in [0.4, 0.5) is 0 Å². The molecule has 0 radical (unpaired) electrons. The largest absolute Gasteiger partial charge is 0.467 e. The highest BCUT2D eigenvalue weighted by atomic mass is 16.3. The number of nitrogen functional groups attached to an aromatic ring is 1. The molecule has 0 aliphatic carbocycles. The number of carbonyl (C=O) groups is 2. The van der Waals surface area contributed by atoms with Crippen LogP contribution >= 0.6 is 0 Å². The van der Waals surface area contributed by atoms with Gasteiger partial charge in [-0.2, -0.15) is 0 Å². The Hall–Kier alpha value is -1.86. The van der Waals surface area contributed by atoms with E-state index < -0.39 is 5.91 Å². The molecule has 0 saturated carbocycles. The first-order chi connectivity index (χ1) is 8.20. The third kappa shape index (κ3) is 2.63. The quantitative estimate of drug-likeness (QED) is 0.349. The number of hydrogen-bond acceptors (Lipinski definition) is 5. The molecule has 1 aliphatic heterocycles. The smallest absolute Gasteiger partial charge is 0.268 e. The Morgan fingerprint density at radius 1 is 1.65 bits per heavy atom. The summed E-state index contributed by atoms with van der Waals surface area (Å²) in [6.45, 7) is 2.07. The van der Waals surface area contributed by atoms with Crippen molar-refractivity contribution < 1.29 is 14.0 Å². The molecule has 2 rings (SSSR count). The number of carbonyl (C=O) groups excluding carboxylic acids is 2. The number of nitrogens with one attached hydrogen (secondary N) is 2. The molecule has 1 aromatic heterocycles. The molecular formula is C10H14N4O3. The van der Waals surface area contributed by atoms with Gasteiger partial charge in [0, 0.05) is 13.1 Å². The highest BCUT2D eigenvalue weighted by Crippen LogP contribution is 2.13. The maximum absolute atomic E-state index is 11.4. The molecule has 1 fully saturated rings. The number of hydrogen-bond donors (Lipinski definition) is 3. The fourth-order valence-corrected chi connectivity index (χ4v) is 1.77. The third-order valence-electron chi connectivity index (χ3n) is 2.61. The molecule has 0 unspecified atom stereocenters. The van der Waals surface area contributed by atoms with Gasteiger partial charge in [-0.1, -0.05) is 0 Å². The molecule has 1 saturated heterocycles. The second-order valence-electron chi connectivity index (χ2n) is 3.79. The van der Waals surface area contributed by atoms with E-state index in [-0.39, 0.29) is 5.91 Å². The summed E-state index contributed by atoms with van der Waals surface area (Å²) in [5.74, 6) is 5.17. The molecular weight excluding hydrogens is 224 g/mol. The first-order valence-electron chi connectivity index (χ1n) is 5.27. The van der Waals surface area contributed by atoms with Crippen LogP contribution in [0.15, 0.2) is 16.7 Å². The van der Waals surface area contributed by atoms with Crippen LogP contribution in [0.25, 0.3) is 0 Å². The average molecular weight is 238 g/mol. The van der Waals surface area contributed by atoms with Crippen LogP contribution in [0.1, 0.15) is 16.1 Å². The van der Waals surface area contributed by atoms with E-state index in [1.807, 2.05) is 4.90 Å². The van der Waals surface area contributed by atoms with Gasteiger partial charge in [-0.15, -0.1) is 0 Å². The van der Waals surface area contributed by atoms with Crippen molar-refractivity contribution in [2.75, 3.05) is 19.6 Å². The maximum Gasteiger partial charge on any atom is 0.268 e. The van der Waals surface area contributed by atoms with Crippen LogP contribution in [0, 0.1) is 0 Å². The van der Waals surface area contributed by atoms with Crippen molar-refractivity contribution in [1.29, 1.82) is 0 Å². The molecule has 92 valence electrons. The lowest BCUT2D eigenvalue weighted by Gasteiger charge is -2.25. The predicted octanol–water partition coefficient (Wildman–Crippen LogP) is -1.19. The minimum atomic E-state index is -0.393. The van der Waals surface area contributed by atoms with Crippen molar-refractivity contribution in [3.63, 3.8) is 0 Å². The zero-order valence-electron chi connectivity index (χ0n) is 9.23. The summed E-state index contributed by atoms with van der Waals surface area (Å²) in [6, 6.07) is 1.56. The topological polar surface area (TPSA) is 101 Å². The second kappa shape index (κ2) is 4.98. The predicted molar refractivity (Wildman–Crippen MR) is 58.6 cm³/mol. The van der Waals surface area contributed by atoms with Gasteiger partial charge in [-0.3, -0.25) is 19.9 Å². The molecule has 2 heterocycles. The number of amides is 2. The van der Waals surface area contributed by atoms with E-state index >= 15 is 0 Å². The van der Waals surface area contributed by atoms with E-state index in [4.69, 9.17) is 10.3 Å². The Morgan fingerprint density at radius 2 is 2.47 bits per heavy atom. The van der Waals surface area contributed by atoms with Crippen LogP contribution in [0.5, 0.6) is 0 Å². The monoisotopic (exact) mass is 238 g/mol. The SMILES string of the molecule is NNC(=O)c1ccoc1CN1CCNC(=O)C1. The van der Waals surface area contributed by atoms with Crippen LogP contribution in [0.2, 0.25) is 0 Å². The Kier molecular flexibility index (Phi) is 3.40.